The average Bonchev–Trinajstić information content (AvgIpc) is 2.58. The summed E-state index contributed by atoms with van der Waals surface area (Å²) in [4.78, 5) is 0. The summed E-state index contributed by atoms with van der Waals surface area (Å²) < 4.78 is 62.5. The van der Waals surface area contributed by atoms with E-state index in [0.717, 1.165) is 30.4 Å². The van der Waals surface area contributed by atoms with Gasteiger partial charge in [-0.15, -0.1) is 0 Å². The summed E-state index contributed by atoms with van der Waals surface area (Å²) in [5.41, 5.74) is -0.173. The standard InChI is InChI=1S/C22H34F4O/c1-8-11-14-19(5,6)18-13-12-17(15-16(18)4)27-22(25,26)21(23,24)20(7,9-2)10-3/h12-13,15H,8-11,14H2,1-7H3. The molecule has 0 N–H and O–H groups in total. The van der Waals surface area contributed by atoms with Crippen molar-refractivity contribution in [2.75, 3.05) is 0 Å². The molecule has 0 saturated heterocycles. The Labute approximate surface area is 161 Å². The number of benzene rings is 1. The van der Waals surface area contributed by atoms with Crippen molar-refractivity contribution < 1.29 is 22.3 Å². The minimum Gasteiger partial charge on any atom is -0.428 e. The van der Waals surface area contributed by atoms with Crippen LogP contribution in [0, 0.1) is 12.3 Å². The van der Waals surface area contributed by atoms with Crippen molar-refractivity contribution >= 4 is 0 Å². The third kappa shape index (κ3) is 4.78. The number of halogens is 4. The Balaban J connectivity index is 3.14. The molecule has 0 heterocycles. The summed E-state index contributed by atoms with van der Waals surface area (Å²) >= 11 is 0. The van der Waals surface area contributed by atoms with Crippen molar-refractivity contribution in [3.05, 3.63) is 29.3 Å². The lowest BCUT2D eigenvalue weighted by atomic mass is 9.77. The van der Waals surface area contributed by atoms with Gasteiger partial charge in [0.05, 0.1) is 0 Å². The van der Waals surface area contributed by atoms with Crippen LogP contribution in [0.5, 0.6) is 5.75 Å². The fourth-order valence-corrected chi connectivity index (χ4v) is 3.47. The Morgan fingerprint density at radius 1 is 0.926 bits per heavy atom. The lowest BCUT2D eigenvalue weighted by Crippen LogP contribution is -2.55. The Hall–Kier alpha value is -1.26. The maximum absolute atomic E-state index is 14.6. The average molecular weight is 391 g/mol. The molecule has 0 aliphatic carbocycles. The molecule has 0 aliphatic heterocycles. The van der Waals surface area contributed by atoms with Crippen LogP contribution in [0.1, 0.15) is 84.8 Å². The molecule has 0 bridgehead atoms. The van der Waals surface area contributed by atoms with Gasteiger partial charge in [0.2, 0.25) is 0 Å². The monoisotopic (exact) mass is 390 g/mol. The van der Waals surface area contributed by atoms with E-state index in [2.05, 4.69) is 25.5 Å². The van der Waals surface area contributed by atoms with Crippen molar-refractivity contribution in [1.29, 1.82) is 0 Å². The molecular formula is C22H34F4O. The first-order valence-corrected chi connectivity index (χ1v) is 9.83. The molecule has 1 aromatic rings. The van der Waals surface area contributed by atoms with Gasteiger partial charge in [0, 0.05) is 5.41 Å². The molecule has 5 heteroatoms. The Kier molecular flexibility index (Phi) is 7.40. The van der Waals surface area contributed by atoms with Gasteiger partial charge in [0.1, 0.15) is 5.75 Å². The summed E-state index contributed by atoms with van der Waals surface area (Å²) in [5.74, 6) is -4.52. The second kappa shape index (κ2) is 8.40. The highest BCUT2D eigenvalue weighted by Crippen LogP contribution is 2.51. The van der Waals surface area contributed by atoms with Gasteiger partial charge in [0.15, 0.2) is 0 Å². The molecule has 0 aromatic heterocycles. The van der Waals surface area contributed by atoms with Crippen molar-refractivity contribution in [3.63, 3.8) is 0 Å². The molecule has 0 atom stereocenters. The molecule has 0 amide bonds. The second-order valence-electron chi connectivity index (χ2n) is 8.43. The quantitative estimate of drug-likeness (QED) is 0.369. The normalized spacial score (nSPS) is 13.7. The fourth-order valence-electron chi connectivity index (χ4n) is 3.47. The Bertz CT molecular complexity index is 619. The van der Waals surface area contributed by atoms with E-state index in [1.807, 2.05) is 0 Å². The van der Waals surface area contributed by atoms with Crippen LogP contribution in [0.2, 0.25) is 0 Å². The van der Waals surface area contributed by atoms with Crippen LogP contribution >= 0.6 is 0 Å². The minimum atomic E-state index is -4.58. The van der Waals surface area contributed by atoms with E-state index in [-0.39, 0.29) is 24.0 Å². The molecule has 0 saturated carbocycles. The largest absolute Gasteiger partial charge is 0.464 e. The van der Waals surface area contributed by atoms with E-state index in [0.29, 0.717) is 0 Å². The van der Waals surface area contributed by atoms with Gasteiger partial charge in [0.25, 0.3) is 0 Å². The van der Waals surface area contributed by atoms with Gasteiger partial charge in [-0.1, -0.05) is 60.5 Å². The zero-order chi connectivity index (χ0) is 21.1. The van der Waals surface area contributed by atoms with Gasteiger partial charge in [-0.2, -0.15) is 17.6 Å². The van der Waals surface area contributed by atoms with E-state index >= 15 is 0 Å². The molecule has 0 radical (unpaired) electrons. The molecule has 0 spiro atoms. The van der Waals surface area contributed by atoms with Crippen LogP contribution in [0.4, 0.5) is 17.6 Å². The fraction of sp³-hybridized carbons (Fsp3) is 0.727. The predicted molar refractivity (Wildman–Crippen MR) is 103 cm³/mol. The predicted octanol–water partition coefficient (Wildman–Crippen LogP) is 7.90. The molecule has 156 valence electrons. The zero-order valence-electron chi connectivity index (χ0n) is 17.7. The van der Waals surface area contributed by atoms with Gasteiger partial charge in [-0.3, -0.25) is 0 Å². The first-order valence-electron chi connectivity index (χ1n) is 9.83. The topological polar surface area (TPSA) is 9.23 Å². The molecule has 1 rings (SSSR count). The van der Waals surface area contributed by atoms with E-state index in [1.165, 1.54) is 32.9 Å². The van der Waals surface area contributed by atoms with Gasteiger partial charge in [-0.25, -0.2) is 0 Å². The third-order valence-corrected chi connectivity index (χ3v) is 6.01. The smallest absolute Gasteiger partial charge is 0.428 e. The number of aryl methyl sites for hydroxylation is 1. The van der Waals surface area contributed by atoms with Crippen molar-refractivity contribution in [1.82, 2.24) is 0 Å². The summed E-state index contributed by atoms with van der Waals surface area (Å²) in [6, 6.07) is 4.52. The van der Waals surface area contributed by atoms with Crippen LogP contribution in [-0.2, 0) is 5.41 Å². The van der Waals surface area contributed by atoms with E-state index in [4.69, 9.17) is 0 Å². The Morgan fingerprint density at radius 2 is 1.48 bits per heavy atom. The highest BCUT2D eigenvalue weighted by atomic mass is 19.3. The summed E-state index contributed by atoms with van der Waals surface area (Å²) in [5, 5.41) is 0. The maximum atomic E-state index is 14.6. The first-order chi connectivity index (χ1) is 12.3. The van der Waals surface area contributed by atoms with Crippen LogP contribution in [-0.4, -0.2) is 12.0 Å². The Morgan fingerprint density at radius 3 is 1.93 bits per heavy atom. The molecule has 0 aliphatic rings. The lowest BCUT2D eigenvalue weighted by molar-refractivity contribution is -0.346. The first kappa shape index (κ1) is 23.8. The van der Waals surface area contributed by atoms with E-state index in [9.17, 15) is 17.6 Å². The number of rotatable bonds is 10. The molecule has 0 fully saturated rings. The van der Waals surface area contributed by atoms with Gasteiger partial charge in [-0.05, 0) is 54.9 Å². The molecule has 1 aromatic carbocycles. The number of hydrogen-bond donors (Lipinski definition) is 0. The second-order valence-corrected chi connectivity index (χ2v) is 8.43. The minimum absolute atomic E-state index is 0.0704. The molecule has 27 heavy (non-hydrogen) atoms. The number of hydrogen-bond acceptors (Lipinski definition) is 1. The van der Waals surface area contributed by atoms with Crippen molar-refractivity contribution in [2.24, 2.45) is 5.41 Å². The number of ether oxygens (including phenoxy) is 1. The maximum Gasteiger partial charge on any atom is 0.464 e. The third-order valence-electron chi connectivity index (χ3n) is 6.01. The van der Waals surface area contributed by atoms with Crippen LogP contribution < -0.4 is 4.74 Å². The van der Waals surface area contributed by atoms with Crippen molar-refractivity contribution in [3.8, 4) is 5.75 Å². The van der Waals surface area contributed by atoms with Crippen LogP contribution in [0.25, 0.3) is 0 Å². The van der Waals surface area contributed by atoms with Gasteiger partial charge < -0.3 is 4.74 Å². The molecule has 0 unspecified atom stereocenters. The SMILES string of the molecule is CCCCC(C)(C)c1ccc(OC(F)(F)C(F)(F)C(C)(CC)CC)cc1C. The lowest BCUT2D eigenvalue weighted by Gasteiger charge is -2.39. The zero-order valence-corrected chi connectivity index (χ0v) is 17.7. The van der Waals surface area contributed by atoms with E-state index in [1.54, 1.807) is 13.0 Å². The summed E-state index contributed by atoms with van der Waals surface area (Å²) in [6.45, 7) is 12.3. The number of unbranched alkanes of at least 4 members (excludes halogenated alkanes) is 1. The van der Waals surface area contributed by atoms with Crippen molar-refractivity contribution in [2.45, 2.75) is 98.0 Å². The van der Waals surface area contributed by atoms with Crippen LogP contribution in [0.3, 0.4) is 0 Å². The summed E-state index contributed by atoms with van der Waals surface area (Å²) in [6.07, 6.45) is -1.64. The highest BCUT2D eigenvalue weighted by Gasteiger charge is 2.67. The summed E-state index contributed by atoms with van der Waals surface area (Å²) in [7, 11) is 0. The van der Waals surface area contributed by atoms with Gasteiger partial charge >= 0.3 is 12.0 Å². The molecule has 1 nitrogen and oxygen atoms in total. The molecular weight excluding hydrogens is 356 g/mol. The number of alkyl halides is 4. The van der Waals surface area contributed by atoms with E-state index < -0.39 is 17.4 Å². The highest BCUT2D eigenvalue weighted by molar-refractivity contribution is 5.39. The van der Waals surface area contributed by atoms with Crippen LogP contribution in [0.15, 0.2) is 18.2 Å².